The Kier molecular flexibility index (Phi) is 4.13. The number of halogens is 3. The number of benzene rings is 1. The lowest BCUT2D eigenvalue weighted by molar-refractivity contribution is -0.138. The molecule has 1 aliphatic heterocycles. The van der Waals surface area contributed by atoms with Crippen LogP contribution in [0.4, 0.5) is 13.2 Å². The van der Waals surface area contributed by atoms with E-state index in [4.69, 9.17) is 10.6 Å². The van der Waals surface area contributed by atoms with Crippen LogP contribution in [-0.2, 0) is 10.9 Å². The number of nitrogens with two attached hydrogens (primary N) is 1. The molecule has 2 rings (SSSR count). The van der Waals surface area contributed by atoms with E-state index in [2.05, 4.69) is 5.43 Å². The van der Waals surface area contributed by atoms with Crippen LogP contribution in [0.15, 0.2) is 24.3 Å². The van der Waals surface area contributed by atoms with Crippen LogP contribution < -0.4 is 11.3 Å². The first-order chi connectivity index (χ1) is 8.93. The van der Waals surface area contributed by atoms with Crippen molar-refractivity contribution in [2.45, 2.75) is 44.2 Å². The van der Waals surface area contributed by atoms with E-state index < -0.39 is 17.8 Å². The van der Waals surface area contributed by atoms with Gasteiger partial charge in [-0.1, -0.05) is 18.2 Å². The molecule has 3 unspecified atom stereocenters. The van der Waals surface area contributed by atoms with Crippen LogP contribution >= 0.6 is 0 Å². The largest absolute Gasteiger partial charge is 0.416 e. The molecule has 1 saturated heterocycles. The molecule has 1 heterocycles. The normalized spacial score (nSPS) is 25.5. The minimum atomic E-state index is -4.39. The molecule has 3 N–H and O–H groups in total. The van der Waals surface area contributed by atoms with Crippen LogP contribution in [0.2, 0.25) is 0 Å². The quantitative estimate of drug-likeness (QED) is 0.658. The minimum absolute atomic E-state index is 0.0545. The third kappa shape index (κ3) is 3.08. The van der Waals surface area contributed by atoms with E-state index in [1.165, 1.54) is 12.1 Å². The number of alkyl halides is 3. The Labute approximate surface area is 109 Å². The van der Waals surface area contributed by atoms with E-state index in [0.29, 0.717) is 6.42 Å². The summed E-state index contributed by atoms with van der Waals surface area (Å²) in [6, 6.07) is 4.81. The molecule has 1 fully saturated rings. The molecule has 6 heteroatoms. The highest BCUT2D eigenvalue weighted by Crippen LogP contribution is 2.37. The lowest BCUT2D eigenvalue weighted by atomic mass is 9.95. The Hall–Kier alpha value is -1.11. The second-order valence-corrected chi connectivity index (χ2v) is 4.79. The Bertz CT molecular complexity index is 436. The Morgan fingerprint density at radius 1 is 1.32 bits per heavy atom. The fourth-order valence-corrected chi connectivity index (χ4v) is 2.50. The zero-order valence-corrected chi connectivity index (χ0v) is 10.6. The van der Waals surface area contributed by atoms with Crippen molar-refractivity contribution >= 4 is 0 Å². The zero-order chi connectivity index (χ0) is 14.0. The SMILES string of the molecule is CC1CCC(C(NN)c2ccccc2C(F)(F)F)O1. The molecule has 0 radical (unpaired) electrons. The van der Waals surface area contributed by atoms with Crippen molar-refractivity contribution in [2.24, 2.45) is 5.84 Å². The summed E-state index contributed by atoms with van der Waals surface area (Å²) in [5.74, 6) is 5.44. The minimum Gasteiger partial charge on any atom is -0.373 e. The van der Waals surface area contributed by atoms with Crippen LogP contribution in [0.3, 0.4) is 0 Å². The summed E-state index contributed by atoms with van der Waals surface area (Å²) in [6.45, 7) is 1.91. The van der Waals surface area contributed by atoms with E-state index in [1.54, 1.807) is 6.07 Å². The number of rotatable bonds is 3. The van der Waals surface area contributed by atoms with Crippen LogP contribution in [0.1, 0.15) is 36.9 Å². The van der Waals surface area contributed by atoms with Gasteiger partial charge in [-0.3, -0.25) is 11.3 Å². The predicted octanol–water partition coefficient (Wildman–Crippen LogP) is 2.78. The number of ether oxygens (including phenoxy) is 1. The molecule has 3 nitrogen and oxygen atoms in total. The predicted molar refractivity (Wildman–Crippen MR) is 65.1 cm³/mol. The second-order valence-electron chi connectivity index (χ2n) is 4.79. The smallest absolute Gasteiger partial charge is 0.373 e. The lowest BCUT2D eigenvalue weighted by Crippen LogP contribution is -2.37. The molecule has 3 atom stereocenters. The molecule has 0 spiro atoms. The summed E-state index contributed by atoms with van der Waals surface area (Å²) in [5.41, 5.74) is 1.94. The van der Waals surface area contributed by atoms with Crippen molar-refractivity contribution in [1.82, 2.24) is 5.43 Å². The third-order valence-corrected chi connectivity index (χ3v) is 3.42. The standard InChI is InChI=1S/C13H17F3N2O/c1-8-6-7-11(19-8)12(18-17)9-4-2-3-5-10(9)13(14,15)16/h2-5,8,11-12,18H,6-7,17H2,1H3. The van der Waals surface area contributed by atoms with Gasteiger partial charge in [-0.15, -0.1) is 0 Å². The first kappa shape index (κ1) is 14.3. The third-order valence-electron chi connectivity index (χ3n) is 3.42. The van der Waals surface area contributed by atoms with Crippen molar-refractivity contribution in [3.05, 3.63) is 35.4 Å². The van der Waals surface area contributed by atoms with E-state index in [0.717, 1.165) is 12.5 Å². The van der Waals surface area contributed by atoms with Crippen LogP contribution in [0.5, 0.6) is 0 Å². The average molecular weight is 274 g/mol. The molecular weight excluding hydrogens is 257 g/mol. The molecule has 0 aliphatic carbocycles. The monoisotopic (exact) mass is 274 g/mol. The average Bonchev–Trinajstić information content (AvgIpc) is 2.76. The summed E-state index contributed by atoms with van der Waals surface area (Å²) in [7, 11) is 0. The molecule has 1 aromatic carbocycles. The number of hydrazine groups is 1. The topological polar surface area (TPSA) is 47.3 Å². The van der Waals surface area contributed by atoms with Gasteiger partial charge in [-0.2, -0.15) is 13.2 Å². The van der Waals surface area contributed by atoms with Crippen molar-refractivity contribution in [1.29, 1.82) is 0 Å². The summed E-state index contributed by atoms with van der Waals surface area (Å²) in [4.78, 5) is 0. The maximum absolute atomic E-state index is 13.0. The molecule has 0 saturated carbocycles. The van der Waals surface area contributed by atoms with Gasteiger partial charge < -0.3 is 4.74 Å². The van der Waals surface area contributed by atoms with Crippen LogP contribution in [0, 0.1) is 0 Å². The highest BCUT2D eigenvalue weighted by Gasteiger charge is 2.38. The first-order valence-corrected chi connectivity index (χ1v) is 6.21. The van der Waals surface area contributed by atoms with E-state index >= 15 is 0 Å². The van der Waals surface area contributed by atoms with Gasteiger partial charge in [0.05, 0.1) is 23.8 Å². The zero-order valence-electron chi connectivity index (χ0n) is 10.6. The maximum Gasteiger partial charge on any atom is 0.416 e. The van der Waals surface area contributed by atoms with E-state index in [1.807, 2.05) is 6.92 Å². The Balaban J connectivity index is 2.33. The molecule has 1 aliphatic rings. The highest BCUT2D eigenvalue weighted by molar-refractivity contribution is 5.33. The van der Waals surface area contributed by atoms with E-state index in [-0.39, 0.29) is 17.8 Å². The van der Waals surface area contributed by atoms with Gasteiger partial charge >= 0.3 is 6.18 Å². The fourth-order valence-electron chi connectivity index (χ4n) is 2.50. The van der Waals surface area contributed by atoms with Crippen LogP contribution in [0.25, 0.3) is 0 Å². The number of nitrogens with one attached hydrogen (secondary N) is 1. The molecule has 106 valence electrons. The summed E-state index contributed by atoms with van der Waals surface area (Å²) in [5, 5.41) is 0. The van der Waals surface area contributed by atoms with Gasteiger partial charge in [0.25, 0.3) is 0 Å². The lowest BCUT2D eigenvalue weighted by Gasteiger charge is -2.26. The molecule has 19 heavy (non-hydrogen) atoms. The van der Waals surface area contributed by atoms with Crippen molar-refractivity contribution in [3.8, 4) is 0 Å². The van der Waals surface area contributed by atoms with Gasteiger partial charge in [0.2, 0.25) is 0 Å². The highest BCUT2D eigenvalue weighted by atomic mass is 19.4. The van der Waals surface area contributed by atoms with Crippen molar-refractivity contribution in [3.63, 3.8) is 0 Å². The first-order valence-electron chi connectivity index (χ1n) is 6.21. The fraction of sp³-hybridized carbons (Fsp3) is 0.538. The molecule has 0 amide bonds. The molecular formula is C13H17F3N2O. The maximum atomic E-state index is 13.0. The molecule has 0 aromatic heterocycles. The summed E-state index contributed by atoms with van der Waals surface area (Å²) < 4.78 is 44.6. The van der Waals surface area contributed by atoms with Gasteiger partial charge in [0.15, 0.2) is 0 Å². The summed E-state index contributed by atoms with van der Waals surface area (Å²) in [6.07, 6.45) is -3.14. The van der Waals surface area contributed by atoms with Gasteiger partial charge in [-0.05, 0) is 31.4 Å². The van der Waals surface area contributed by atoms with E-state index in [9.17, 15) is 13.2 Å². The second kappa shape index (κ2) is 5.48. The number of hydrogen-bond acceptors (Lipinski definition) is 3. The molecule has 1 aromatic rings. The molecule has 0 bridgehead atoms. The van der Waals surface area contributed by atoms with Gasteiger partial charge in [0.1, 0.15) is 0 Å². The Morgan fingerprint density at radius 2 is 2.00 bits per heavy atom. The van der Waals surface area contributed by atoms with Gasteiger partial charge in [-0.25, -0.2) is 0 Å². The van der Waals surface area contributed by atoms with Crippen molar-refractivity contribution < 1.29 is 17.9 Å². The van der Waals surface area contributed by atoms with Gasteiger partial charge in [0, 0.05) is 0 Å². The van der Waals surface area contributed by atoms with Crippen molar-refractivity contribution in [2.75, 3.05) is 0 Å². The number of hydrogen-bond donors (Lipinski definition) is 2. The van der Waals surface area contributed by atoms with Crippen LogP contribution in [-0.4, -0.2) is 12.2 Å². The summed E-state index contributed by atoms with van der Waals surface area (Å²) >= 11 is 0. The Morgan fingerprint density at radius 3 is 2.53 bits per heavy atom.